The molecule has 0 N–H and O–H groups in total. The summed E-state index contributed by atoms with van der Waals surface area (Å²) in [5, 5.41) is 0. The fourth-order valence-corrected chi connectivity index (χ4v) is 3.79. The summed E-state index contributed by atoms with van der Waals surface area (Å²) in [6.45, 7) is 0. The lowest BCUT2D eigenvalue weighted by molar-refractivity contribution is -0.140. The predicted molar refractivity (Wildman–Crippen MR) is 72.7 cm³/mol. The molecule has 1 fully saturated rings. The van der Waals surface area contributed by atoms with E-state index in [9.17, 15) is 9.59 Å². The van der Waals surface area contributed by atoms with Gasteiger partial charge in [0.1, 0.15) is 18.5 Å². The summed E-state index contributed by atoms with van der Waals surface area (Å²) in [5.74, 6) is 0.893. The third-order valence-electron chi connectivity index (χ3n) is 4.66. The van der Waals surface area contributed by atoms with Crippen LogP contribution in [0.3, 0.4) is 0 Å². The summed E-state index contributed by atoms with van der Waals surface area (Å²) in [4.78, 5) is 23.3. The van der Waals surface area contributed by atoms with Gasteiger partial charge in [-0.1, -0.05) is 6.08 Å². The first-order valence-electron chi connectivity index (χ1n) is 6.90. The predicted octanol–water partition coefficient (Wildman–Crippen LogP) is 1.78. The van der Waals surface area contributed by atoms with Gasteiger partial charge in [0.05, 0.1) is 18.9 Å². The van der Waals surface area contributed by atoms with Crippen molar-refractivity contribution in [3.8, 4) is 11.5 Å². The number of ether oxygens (including phenoxy) is 3. The summed E-state index contributed by atoms with van der Waals surface area (Å²) in [7, 11) is 1.56. The lowest BCUT2D eigenvalue weighted by Gasteiger charge is -2.34. The Labute approximate surface area is 121 Å². The van der Waals surface area contributed by atoms with Crippen LogP contribution in [0.2, 0.25) is 0 Å². The van der Waals surface area contributed by atoms with Gasteiger partial charge in [-0.05, 0) is 18.2 Å². The highest BCUT2D eigenvalue weighted by Crippen LogP contribution is 2.57. The van der Waals surface area contributed by atoms with E-state index in [-0.39, 0.29) is 24.6 Å². The number of benzene rings is 1. The van der Waals surface area contributed by atoms with Gasteiger partial charge in [-0.15, -0.1) is 0 Å². The van der Waals surface area contributed by atoms with Crippen LogP contribution in [0.25, 0.3) is 0 Å². The lowest BCUT2D eigenvalue weighted by Crippen LogP contribution is -2.46. The van der Waals surface area contributed by atoms with E-state index < -0.39 is 5.41 Å². The molecule has 2 heterocycles. The molecule has 1 aromatic rings. The van der Waals surface area contributed by atoms with Crippen LogP contribution in [0.5, 0.6) is 11.5 Å². The third-order valence-corrected chi connectivity index (χ3v) is 4.66. The highest BCUT2D eigenvalue weighted by Gasteiger charge is 2.62. The molecule has 2 aliphatic heterocycles. The summed E-state index contributed by atoms with van der Waals surface area (Å²) < 4.78 is 16.8. The first kappa shape index (κ1) is 12.4. The smallest absolute Gasteiger partial charge is 0.307 e. The van der Waals surface area contributed by atoms with Crippen molar-refractivity contribution in [3.63, 3.8) is 0 Å². The van der Waals surface area contributed by atoms with Crippen molar-refractivity contribution in [1.82, 2.24) is 0 Å². The number of carbonyl (C=O) groups excluding carboxylic acids is 2. The molecule has 0 unspecified atom stereocenters. The molecule has 1 aliphatic carbocycles. The summed E-state index contributed by atoms with van der Waals surface area (Å²) in [6, 6.07) is 3.43. The second-order valence-electron chi connectivity index (χ2n) is 5.58. The summed E-state index contributed by atoms with van der Waals surface area (Å²) in [6.07, 6.45) is 4.99. The van der Waals surface area contributed by atoms with Gasteiger partial charge in [-0.25, -0.2) is 0 Å². The molecule has 4 rings (SSSR count). The van der Waals surface area contributed by atoms with Crippen LogP contribution in [-0.2, 0) is 14.9 Å². The Morgan fingerprint density at radius 3 is 3.00 bits per heavy atom. The van der Waals surface area contributed by atoms with Crippen molar-refractivity contribution >= 4 is 12.3 Å². The van der Waals surface area contributed by atoms with Crippen LogP contribution in [0.15, 0.2) is 24.3 Å². The van der Waals surface area contributed by atoms with Crippen LogP contribution < -0.4 is 9.47 Å². The van der Waals surface area contributed by atoms with Crippen LogP contribution in [0.1, 0.15) is 28.8 Å². The average Bonchev–Trinajstić information content (AvgIpc) is 3.00. The molecule has 1 spiro atoms. The third kappa shape index (κ3) is 1.41. The number of methoxy groups -OCH3 is 1. The molecule has 21 heavy (non-hydrogen) atoms. The number of rotatable bonds is 2. The van der Waals surface area contributed by atoms with Gasteiger partial charge >= 0.3 is 5.97 Å². The Bertz CT molecular complexity index is 677. The van der Waals surface area contributed by atoms with E-state index in [1.807, 2.05) is 12.2 Å². The van der Waals surface area contributed by atoms with Gasteiger partial charge in [0.25, 0.3) is 0 Å². The number of fused-ring (bicyclic) bond motifs is 1. The van der Waals surface area contributed by atoms with E-state index in [0.717, 1.165) is 11.8 Å². The normalized spacial score (nSPS) is 31.8. The number of aldehydes is 1. The van der Waals surface area contributed by atoms with Crippen molar-refractivity contribution < 1.29 is 23.8 Å². The zero-order chi connectivity index (χ0) is 14.6. The Morgan fingerprint density at radius 1 is 1.38 bits per heavy atom. The lowest BCUT2D eigenvalue weighted by atomic mass is 9.67. The number of hydrogen-bond acceptors (Lipinski definition) is 5. The van der Waals surface area contributed by atoms with E-state index in [1.54, 1.807) is 19.2 Å². The van der Waals surface area contributed by atoms with Gasteiger partial charge < -0.3 is 14.2 Å². The summed E-state index contributed by atoms with van der Waals surface area (Å²) in [5.41, 5.74) is 0.681. The van der Waals surface area contributed by atoms with E-state index in [2.05, 4.69) is 0 Å². The first-order valence-corrected chi connectivity index (χ1v) is 6.90. The Morgan fingerprint density at radius 2 is 2.24 bits per heavy atom. The molecule has 1 aromatic carbocycles. The minimum atomic E-state index is -0.605. The Hall–Kier alpha value is -2.30. The summed E-state index contributed by atoms with van der Waals surface area (Å²) >= 11 is 0. The minimum absolute atomic E-state index is 0.205. The fraction of sp³-hybridized carbons (Fsp3) is 0.375. The maximum absolute atomic E-state index is 11.9. The van der Waals surface area contributed by atoms with Crippen LogP contribution in [-0.4, -0.2) is 31.6 Å². The minimum Gasteiger partial charge on any atom is -0.493 e. The zero-order valence-corrected chi connectivity index (χ0v) is 11.5. The van der Waals surface area contributed by atoms with Crippen LogP contribution in [0.4, 0.5) is 0 Å². The van der Waals surface area contributed by atoms with Crippen molar-refractivity contribution in [2.75, 3.05) is 7.11 Å². The average molecular weight is 286 g/mol. The number of hydrogen-bond donors (Lipinski definition) is 0. The van der Waals surface area contributed by atoms with E-state index in [0.29, 0.717) is 23.5 Å². The molecule has 5 nitrogen and oxygen atoms in total. The SMILES string of the molecule is COc1ccc(C=O)c2c1O[C@H]1CC=C[C@@H]3OC(=O)C[C@@]231. The highest BCUT2D eigenvalue weighted by atomic mass is 16.6. The maximum atomic E-state index is 11.9. The molecule has 0 saturated carbocycles. The van der Waals surface area contributed by atoms with E-state index in [1.165, 1.54) is 0 Å². The van der Waals surface area contributed by atoms with Gasteiger partial charge in [0, 0.05) is 17.5 Å². The topological polar surface area (TPSA) is 61.8 Å². The first-order chi connectivity index (χ1) is 10.2. The van der Waals surface area contributed by atoms with Crippen LogP contribution in [0, 0.1) is 0 Å². The molecule has 3 atom stereocenters. The van der Waals surface area contributed by atoms with Crippen molar-refractivity contribution in [2.24, 2.45) is 0 Å². The molecule has 3 aliphatic rings. The van der Waals surface area contributed by atoms with Gasteiger partial charge in [-0.3, -0.25) is 9.59 Å². The monoisotopic (exact) mass is 286 g/mol. The highest BCUT2D eigenvalue weighted by molar-refractivity contribution is 5.85. The standard InChI is InChI=1S/C16H14O5/c1-19-10-6-5-9(8-17)14-15(10)21-12-4-2-3-11-16(12,14)7-13(18)20-11/h2-3,5-6,8,11-12H,4,7H2,1H3/t11-,12-,16+/m0/s1. The molecule has 0 amide bonds. The molecule has 1 saturated heterocycles. The van der Waals surface area contributed by atoms with Gasteiger partial charge in [-0.2, -0.15) is 0 Å². The second-order valence-corrected chi connectivity index (χ2v) is 5.58. The number of esters is 1. The Balaban J connectivity index is 2.01. The molecule has 0 aromatic heterocycles. The van der Waals surface area contributed by atoms with Crippen molar-refractivity contribution in [2.45, 2.75) is 30.5 Å². The maximum Gasteiger partial charge on any atom is 0.307 e. The second kappa shape index (κ2) is 4.10. The molecule has 0 radical (unpaired) electrons. The van der Waals surface area contributed by atoms with Crippen LogP contribution >= 0.6 is 0 Å². The molecule has 108 valence electrons. The van der Waals surface area contributed by atoms with Gasteiger partial charge in [0.15, 0.2) is 11.5 Å². The largest absolute Gasteiger partial charge is 0.493 e. The number of carbonyl (C=O) groups is 2. The molecular weight excluding hydrogens is 272 g/mol. The Kier molecular flexibility index (Phi) is 2.43. The van der Waals surface area contributed by atoms with Crippen molar-refractivity contribution in [1.29, 1.82) is 0 Å². The van der Waals surface area contributed by atoms with E-state index >= 15 is 0 Å². The molecule has 0 bridgehead atoms. The molecular formula is C16H14O5. The quantitative estimate of drug-likeness (QED) is 0.471. The van der Waals surface area contributed by atoms with Crippen molar-refractivity contribution in [3.05, 3.63) is 35.4 Å². The molecule has 5 heteroatoms. The fourth-order valence-electron chi connectivity index (χ4n) is 3.79. The van der Waals surface area contributed by atoms with Gasteiger partial charge in [0.2, 0.25) is 0 Å². The van der Waals surface area contributed by atoms with E-state index in [4.69, 9.17) is 14.2 Å². The zero-order valence-electron chi connectivity index (χ0n) is 11.5.